The minimum absolute atomic E-state index is 0.0617. The molecule has 8 nitrogen and oxygen atoms in total. The molecule has 0 aliphatic carbocycles. The minimum Gasteiger partial charge on any atom is -0.479 e. The molecule has 100 valence electrons. The van der Waals surface area contributed by atoms with E-state index in [4.69, 9.17) is 9.84 Å². The Kier molecular flexibility index (Phi) is 3.71. The highest BCUT2D eigenvalue weighted by atomic mass is 16.6. The predicted octanol–water partition coefficient (Wildman–Crippen LogP) is 0.795. The fraction of sp³-hybridized carbons (Fsp3) is 0.273. The number of aromatic nitrogens is 3. The van der Waals surface area contributed by atoms with E-state index in [9.17, 15) is 10.1 Å². The van der Waals surface area contributed by atoms with Gasteiger partial charge in [-0.2, -0.15) is 5.10 Å². The van der Waals surface area contributed by atoms with Crippen molar-refractivity contribution >= 4 is 5.69 Å². The van der Waals surface area contributed by atoms with E-state index in [1.165, 1.54) is 29.2 Å². The molecule has 0 radical (unpaired) electrons. The van der Waals surface area contributed by atoms with Gasteiger partial charge in [0.15, 0.2) is 11.6 Å². The molecule has 0 atom stereocenters. The Labute approximate surface area is 108 Å². The molecule has 1 heterocycles. The van der Waals surface area contributed by atoms with Crippen LogP contribution in [-0.2, 0) is 20.3 Å². The number of nitro benzene ring substituents is 1. The van der Waals surface area contributed by atoms with Gasteiger partial charge in [-0.05, 0) is 17.7 Å². The molecule has 1 aromatic heterocycles. The van der Waals surface area contributed by atoms with Crippen molar-refractivity contribution in [2.45, 2.75) is 13.2 Å². The van der Waals surface area contributed by atoms with E-state index in [1.807, 2.05) is 0 Å². The predicted molar refractivity (Wildman–Crippen MR) is 64.4 cm³/mol. The number of nitro groups is 1. The summed E-state index contributed by atoms with van der Waals surface area (Å²) in [5.74, 6) is 0.642. The third kappa shape index (κ3) is 2.86. The number of aliphatic hydroxyl groups is 1. The van der Waals surface area contributed by atoms with Gasteiger partial charge in [-0.3, -0.25) is 14.8 Å². The van der Waals surface area contributed by atoms with Crippen LogP contribution in [0.2, 0.25) is 0 Å². The molecule has 0 saturated carbocycles. The Bertz CT molecular complexity index is 596. The van der Waals surface area contributed by atoms with E-state index in [-0.39, 0.29) is 24.7 Å². The van der Waals surface area contributed by atoms with E-state index in [2.05, 4.69) is 10.1 Å². The van der Waals surface area contributed by atoms with Crippen molar-refractivity contribution in [2.24, 2.45) is 7.05 Å². The molecular formula is C11H12N4O4. The first-order valence-electron chi connectivity index (χ1n) is 5.45. The zero-order chi connectivity index (χ0) is 13.8. The molecule has 0 aliphatic rings. The Morgan fingerprint density at radius 1 is 1.53 bits per heavy atom. The van der Waals surface area contributed by atoms with Crippen LogP contribution < -0.4 is 4.74 Å². The lowest BCUT2D eigenvalue weighted by molar-refractivity contribution is -0.386. The van der Waals surface area contributed by atoms with Gasteiger partial charge in [0.2, 0.25) is 0 Å². The van der Waals surface area contributed by atoms with Crippen LogP contribution in [0, 0.1) is 10.1 Å². The van der Waals surface area contributed by atoms with Crippen molar-refractivity contribution < 1.29 is 14.8 Å². The van der Waals surface area contributed by atoms with E-state index >= 15 is 0 Å². The third-order valence-corrected chi connectivity index (χ3v) is 2.57. The number of nitrogens with zero attached hydrogens (tertiary/aromatic N) is 4. The SMILES string of the molecule is Cn1ncnc1COc1cc(CO)ccc1[N+](=O)[O-]. The van der Waals surface area contributed by atoms with Gasteiger partial charge >= 0.3 is 5.69 Å². The zero-order valence-corrected chi connectivity index (χ0v) is 10.2. The molecule has 0 fully saturated rings. The molecular weight excluding hydrogens is 252 g/mol. The largest absolute Gasteiger partial charge is 0.479 e. The number of aliphatic hydroxyl groups excluding tert-OH is 1. The van der Waals surface area contributed by atoms with Crippen LogP contribution in [0.25, 0.3) is 0 Å². The van der Waals surface area contributed by atoms with Crippen molar-refractivity contribution in [1.82, 2.24) is 14.8 Å². The summed E-state index contributed by atoms with van der Waals surface area (Å²) in [4.78, 5) is 14.3. The molecule has 0 spiro atoms. The molecule has 0 amide bonds. The summed E-state index contributed by atoms with van der Waals surface area (Å²) < 4.78 is 6.91. The van der Waals surface area contributed by atoms with Gasteiger partial charge in [0.1, 0.15) is 12.9 Å². The van der Waals surface area contributed by atoms with Gasteiger partial charge in [-0.25, -0.2) is 4.98 Å². The number of ether oxygens (including phenoxy) is 1. The van der Waals surface area contributed by atoms with E-state index in [0.29, 0.717) is 11.4 Å². The second kappa shape index (κ2) is 5.44. The Balaban J connectivity index is 2.22. The Morgan fingerprint density at radius 3 is 2.89 bits per heavy atom. The standard InChI is InChI=1S/C11H12N4O4/c1-14-11(12-7-13-14)6-19-10-4-8(5-16)2-3-9(10)15(17)18/h2-4,7,16H,5-6H2,1H3. The maximum atomic E-state index is 10.9. The minimum atomic E-state index is -0.535. The fourth-order valence-electron chi connectivity index (χ4n) is 1.52. The summed E-state index contributed by atoms with van der Waals surface area (Å²) in [6, 6.07) is 4.22. The molecule has 8 heteroatoms. The van der Waals surface area contributed by atoms with Crippen molar-refractivity contribution in [2.75, 3.05) is 0 Å². The summed E-state index contributed by atoms with van der Waals surface area (Å²) in [6.45, 7) is -0.148. The number of hydrogen-bond donors (Lipinski definition) is 1. The quantitative estimate of drug-likeness (QED) is 0.632. The molecule has 0 unspecified atom stereocenters. The fourth-order valence-corrected chi connectivity index (χ4v) is 1.52. The highest BCUT2D eigenvalue weighted by Gasteiger charge is 2.16. The number of hydrogen-bond acceptors (Lipinski definition) is 6. The Hall–Kier alpha value is -2.48. The highest BCUT2D eigenvalue weighted by molar-refractivity contribution is 5.48. The summed E-state index contributed by atoms with van der Waals surface area (Å²) in [5, 5.41) is 23.8. The third-order valence-electron chi connectivity index (χ3n) is 2.57. The van der Waals surface area contributed by atoms with Crippen LogP contribution in [0.4, 0.5) is 5.69 Å². The van der Waals surface area contributed by atoms with Crippen molar-refractivity contribution in [3.63, 3.8) is 0 Å². The maximum Gasteiger partial charge on any atom is 0.310 e. The Morgan fingerprint density at radius 2 is 2.32 bits per heavy atom. The summed E-state index contributed by atoms with van der Waals surface area (Å²) in [5.41, 5.74) is 0.387. The van der Waals surface area contributed by atoms with Crippen molar-refractivity contribution in [3.05, 3.63) is 46.0 Å². The highest BCUT2D eigenvalue weighted by Crippen LogP contribution is 2.28. The van der Waals surface area contributed by atoms with Crippen LogP contribution in [0.15, 0.2) is 24.5 Å². The second-order valence-electron chi connectivity index (χ2n) is 3.81. The van der Waals surface area contributed by atoms with Gasteiger partial charge in [0, 0.05) is 13.1 Å². The van der Waals surface area contributed by atoms with Crippen molar-refractivity contribution in [1.29, 1.82) is 0 Å². The van der Waals surface area contributed by atoms with Crippen LogP contribution >= 0.6 is 0 Å². The summed E-state index contributed by atoms with van der Waals surface area (Å²) in [7, 11) is 1.70. The smallest absolute Gasteiger partial charge is 0.310 e. The lowest BCUT2D eigenvalue weighted by Crippen LogP contribution is -2.06. The average Bonchev–Trinajstić information content (AvgIpc) is 2.81. The lowest BCUT2D eigenvalue weighted by Gasteiger charge is -2.07. The van der Waals surface area contributed by atoms with Gasteiger partial charge in [-0.1, -0.05) is 0 Å². The summed E-state index contributed by atoms with van der Waals surface area (Å²) in [6.07, 6.45) is 1.37. The average molecular weight is 264 g/mol. The molecule has 19 heavy (non-hydrogen) atoms. The normalized spacial score (nSPS) is 10.4. The van der Waals surface area contributed by atoms with E-state index in [1.54, 1.807) is 7.05 Å². The molecule has 0 saturated heterocycles. The van der Waals surface area contributed by atoms with Gasteiger partial charge in [0.25, 0.3) is 0 Å². The molecule has 2 aromatic rings. The van der Waals surface area contributed by atoms with Gasteiger partial charge < -0.3 is 9.84 Å². The summed E-state index contributed by atoms with van der Waals surface area (Å²) >= 11 is 0. The van der Waals surface area contributed by atoms with Crippen LogP contribution in [0.3, 0.4) is 0 Å². The van der Waals surface area contributed by atoms with Crippen molar-refractivity contribution in [3.8, 4) is 5.75 Å². The first-order valence-corrected chi connectivity index (χ1v) is 5.45. The molecule has 2 rings (SSSR count). The first-order chi connectivity index (χ1) is 9.11. The molecule has 0 aliphatic heterocycles. The van der Waals surface area contributed by atoms with Crippen LogP contribution in [0.5, 0.6) is 5.75 Å². The zero-order valence-electron chi connectivity index (χ0n) is 10.2. The van der Waals surface area contributed by atoms with Crippen LogP contribution in [0.1, 0.15) is 11.4 Å². The monoisotopic (exact) mass is 264 g/mol. The van der Waals surface area contributed by atoms with E-state index < -0.39 is 4.92 Å². The molecule has 1 aromatic carbocycles. The van der Waals surface area contributed by atoms with Gasteiger partial charge in [0.05, 0.1) is 11.5 Å². The van der Waals surface area contributed by atoms with E-state index in [0.717, 1.165) is 0 Å². The number of benzene rings is 1. The number of rotatable bonds is 5. The number of aryl methyl sites for hydroxylation is 1. The topological polar surface area (TPSA) is 103 Å². The first kappa shape index (κ1) is 13.0. The second-order valence-corrected chi connectivity index (χ2v) is 3.81. The van der Waals surface area contributed by atoms with Gasteiger partial charge in [-0.15, -0.1) is 0 Å². The molecule has 0 bridgehead atoms. The van der Waals surface area contributed by atoms with Crippen LogP contribution in [-0.4, -0.2) is 24.8 Å². The molecule has 1 N–H and O–H groups in total. The maximum absolute atomic E-state index is 10.9. The lowest BCUT2D eigenvalue weighted by atomic mass is 10.2.